The van der Waals surface area contributed by atoms with Crippen LogP contribution in [-0.4, -0.2) is 37.4 Å². The van der Waals surface area contributed by atoms with Crippen LogP contribution >= 0.6 is 0 Å². The van der Waals surface area contributed by atoms with E-state index in [0.29, 0.717) is 0 Å². The Morgan fingerprint density at radius 1 is 1.08 bits per heavy atom. The van der Waals surface area contributed by atoms with Crippen molar-refractivity contribution in [3.63, 3.8) is 0 Å². The van der Waals surface area contributed by atoms with E-state index in [2.05, 4.69) is 42.2 Å². The van der Waals surface area contributed by atoms with Crippen molar-refractivity contribution in [2.24, 2.45) is 5.10 Å². The Hall–Kier alpha value is -2.20. The summed E-state index contributed by atoms with van der Waals surface area (Å²) in [6, 6.07) is 13.2. The van der Waals surface area contributed by atoms with Crippen molar-refractivity contribution in [2.45, 2.75) is 20.4 Å². The molecule has 0 radical (unpaired) electrons. The fraction of sp³-hybridized carbons (Fsp3) is 0.350. The number of hydrogen-bond donors (Lipinski definition) is 1. The van der Waals surface area contributed by atoms with Crippen molar-refractivity contribution in [1.82, 2.24) is 5.01 Å². The summed E-state index contributed by atoms with van der Waals surface area (Å²) < 4.78 is 12.9. The summed E-state index contributed by atoms with van der Waals surface area (Å²) in [5.74, 6) is -0.212. The lowest BCUT2D eigenvalue weighted by molar-refractivity contribution is -0.918. The number of nitrogens with zero attached hydrogens (tertiary/aromatic N) is 2. The summed E-state index contributed by atoms with van der Waals surface area (Å²) in [6.45, 7) is 9.52. The van der Waals surface area contributed by atoms with Gasteiger partial charge in [-0.25, -0.2) is 4.39 Å². The topological polar surface area (TPSA) is 20.0 Å². The van der Waals surface area contributed by atoms with Crippen LogP contribution in [0.3, 0.4) is 0 Å². The third-order valence-corrected chi connectivity index (χ3v) is 4.63. The molecule has 126 valence electrons. The third-order valence-electron chi connectivity index (χ3n) is 4.63. The number of hydrazone groups is 1. The van der Waals surface area contributed by atoms with Crippen molar-refractivity contribution in [1.29, 1.82) is 0 Å². The largest absolute Gasteiger partial charge is 0.328 e. The SMILES string of the molecule is Cc1ccc(C[NH+]2CCN(N=Cc3ccc(F)cc3)CC2)c(C)c1. The number of rotatable bonds is 4. The maximum absolute atomic E-state index is 12.9. The average molecular weight is 326 g/mol. The summed E-state index contributed by atoms with van der Waals surface area (Å²) >= 11 is 0. The molecule has 1 N–H and O–H groups in total. The molecule has 0 spiro atoms. The molecule has 1 saturated heterocycles. The van der Waals surface area contributed by atoms with Crippen molar-refractivity contribution in [3.05, 3.63) is 70.5 Å². The molecule has 0 saturated carbocycles. The maximum atomic E-state index is 12.9. The zero-order chi connectivity index (χ0) is 16.9. The number of halogens is 1. The van der Waals surface area contributed by atoms with Gasteiger partial charge in [-0.15, -0.1) is 0 Å². The molecular formula is C20H25FN3+. The minimum Gasteiger partial charge on any atom is -0.328 e. The van der Waals surface area contributed by atoms with Gasteiger partial charge in [-0.3, -0.25) is 5.01 Å². The molecule has 1 aliphatic heterocycles. The highest BCUT2D eigenvalue weighted by atomic mass is 19.1. The van der Waals surface area contributed by atoms with E-state index in [-0.39, 0.29) is 5.82 Å². The Morgan fingerprint density at radius 2 is 1.79 bits per heavy atom. The lowest BCUT2D eigenvalue weighted by Crippen LogP contribution is -3.13. The quantitative estimate of drug-likeness (QED) is 0.854. The molecule has 0 bridgehead atoms. The summed E-state index contributed by atoms with van der Waals surface area (Å²) in [5, 5.41) is 6.63. The van der Waals surface area contributed by atoms with E-state index in [4.69, 9.17) is 0 Å². The van der Waals surface area contributed by atoms with Crippen LogP contribution < -0.4 is 4.90 Å². The zero-order valence-corrected chi connectivity index (χ0v) is 14.4. The first-order valence-corrected chi connectivity index (χ1v) is 8.54. The standard InChI is InChI=1S/C20H24FN3/c1-16-3-6-19(17(2)13-16)15-23-9-11-24(12-10-23)22-14-18-4-7-20(21)8-5-18/h3-8,13-14H,9-12,15H2,1-2H3/p+1. The number of benzene rings is 2. The average Bonchev–Trinajstić information content (AvgIpc) is 2.58. The van der Waals surface area contributed by atoms with Gasteiger partial charge in [-0.1, -0.05) is 35.9 Å². The van der Waals surface area contributed by atoms with Gasteiger partial charge in [0.25, 0.3) is 0 Å². The zero-order valence-electron chi connectivity index (χ0n) is 14.4. The summed E-state index contributed by atoms with van der Waals surface area (Å²) in [6.07, 6.45) is 1.81. The van der Waals surface area contributed by atoms with Crippen molar-refractivity contribution in [3.8, 4) is 0 Å². The van der Waals surface area contributed by atoms with Gasteiger partial charge in [0, 0.05) is 5.56 Å². The highest BCUT2D eigenvalue weighted by Gasteiger charge is 2.19. The van der Waals surface area contributed by atoms with E-state index >= 15 is 0 Å². The van der Waals surface area contributed by atoms with E-state index < -0.39 is 0 Å². The predicted octanol–water partition coefficient (Wildman–Crippen LogP) is 2.18. The number of hydrogen-bond acceptors (Lipinski definition) is 2. The molecule has 4 heteroatoms. The molecule has 0 unspecified atom stereocenters. The normalized spacial score (nSPS) is 16.0. The van der Waals surface area contributed by atoms with Crippen LogP contribution in [0.25, 0.3) is 0 Å². The molecule has 2 aromatic carbocycles. The molecule has 0 amide bonds. The lowest BCUT2D eigenvalue weighted by atomic mass is 10.1. The van der Waals surface area contributed by atoms with Crippen molar-refractivity contribution in [2.75, 3.05) is 26.2 Å². The van der Waals surface area contributed by atoms with Crippen LogP contribution in [0.2, 0.25) is 0 Å². The second-order valence-electron chi connectivity index (χ2n) is 6.61. The molecule has 0 aliphatic carbocycles. The van der Waals surface area contributed by atoms with E-state index in [0.717, 1.165) is 38.3 Å². The molecule has 1 aliphatic rings. The van der Waals surface area contributed by atoms with E-state index in [9.17, 15) is 4.39 Å². The highest BCUT2D eigenvalue weighted by Crippen LogP contribution is 2.09. The fourth-order valence-corrected chi connectivity index (χ4v) is 3.11. The van der Waals surface area contributed by atoms with Crippen LogP contribution in [0.4, 0.5) is 4.39 Å². The van der Waals surface area contributed by atoms with Crippen LogP contribution in [0.15, 0.2) is 47.6 Å². The van der Waals surface area contributed by atoms with E-state index in [1.165, 1.54) is 28.8 Å². The van der Waals surface area contributed by atoms with Gasteiger partial charge in [-0.05, 0) is 37.1 Å². The highest BCUT2D eigenvalue weighted by molar-refractivity contribution is 5.79. The fourth-order valence-electron chi connectivity index (χ4n) is 3.11. The molecule has 2 aromatic rings. The molecule has 1 heterocycles. The maximum Gasteiger partial charge on any atom is 0.123 e. The first kappa shape index (κ1) is 16.7. The molecule has 0 atom stereocenters. The molecule has 24 heavy (non-hydrogen) atoms. The van der Waals surface area contributed by atoms with Crippen LogP contribution in [0, 0.1) is 19.7 Å². The molecular weight excluding hydrogens is 301 g/mol. The monoisotopic (exact) mass is 326 g/mol. The number of aryl methyl sites for hydroxylation is 2. The Balaban J connectivity index is 1.51. The van der Waals surface area contributed by atoms with E-state index in [1.54, 1.807) is 17.0 Å². The van der Waals surface area contributed by atoms with Crippen LogP contribution in [0.1, 0.15) is 22.3 Å². The van der Waals surface area contributed by atoms with Gasteiger partial charge in [0.05, 0.1) is 32.4 Å². The smallest absolute Gasteiger partial charge is 0.123 e. The number of quaternary nitrogens is 1. The van der Waals surface area contributed by atoms with Gasteiger partial charge in [0.1, 0.15) is 12.4 Å². The Bertz CT molecular complexity index is 701. The first-order chi connectivity index (χ1) is 11.6. The summed E-state index contributed by atoms with van der Waals surface area (Å²) in [4.78, 5) is 1.61. The number of piperazine rings is 1. The first-order valence-electron chi connectivity index (χ1n) is 8.54. The second-order valence-corrected chi connectivity index (χ2v) is 6.61. The van der Waals surface area contributed by atoms with Crippen molar-refractivity contribution < 1.29 is 9.29 Å². The predicted molar refractivity (Wildman–Crippen MR) is 95.9 cm³/mol. The molecule has 3 nitrogen and oxygen atoms in total. The van der Waals surface area contributed by atoms with Gasteiger partial charge in [-0.2, -0.15) is 5.10 Å². The second kappa shape index (κ2) is 7.58. The summed E-state index contributed by atoms with van der Waals surface area (Å²) in [7, 11) is 0. The van der Waals surface area contributed by atoms with E-state index in [1.807, 2.05) is 6.21 Å². The number of nitrogens with one attached hydrogen (secondary N) is 1. The lowest BCUT2D eigenvalue weighted by Gasteiger charge is -2.30. The molecule has 0 aromatic heterocycles. The summed E-state index contributed by atoms with van der Waals surface area (Å²) in [5.41, 5.74) is 5.09. The van der Waals surface area contributed by atoms with Crippen molar-refractivity contribution >= 4 is 6.21 Å². The van der Waals surface area contributed by atoms with Crippen LogP contribution in [-0.2, 0) is 6.54 Å². The Morgan fingerprint density at radius 3 is 2.46 bits per heavy atom. The minimum atomic E-state index is -0.212. The van der Waals surface area contributed by atoms with Gasteiger partial charge in [0.15, 0.2) is 0 Å². The van der Waals surface area contributed by atoms with Crippen LogP contribution in [0.5, 0.6) is 0 Å². The third kappa shape index (κ3) is 4.42. The molecule has 3 rings (SSSR count). The van der Waals surface area contributed by atoms with Gasteiger partial charge < -0.3 is 4.90 Å². The minimum absolute atomic E-state index is 0.212. The van der Waals surface area contributed by atoms with Gasteiger partial charge >= 0.3 is 0 Å². The van der Waals surface area contributed by atoms with Gasteiger partial charge in [0.2, 0.25) is 0 Å². The Kier molecular flexibility index (Phi) is 5.26. The molecule has 1 fully saturated rings. The Labute approximate surface area is 143 Å².